The van der Waals surface area contributed by atoms with Gasteiger partial charge in [0.25, 0.3) is 0 Å². The van der Waals surface area contributed by atoms with Crippen LogP contribution in [0, 0.1) is 0 Å². The summed E-state index contributed by atoms with van der Waals surface area (Å²) in [4.78, 5) is 10.6. The SMILES string of the molecule is O=C1Cc2n[nH]nc2N1. The Kier molecular flexibility index (Phi) is 0.652. The Morgan fingerprint density at radius 2 is 2.33 bits per heavy atom. The van der Waals surface area contributed by atoms with Crippen molar-refractivity contribution >= 4 is 11.7 Å². The van der Waals surface area contributed by atoms with Crippen LogP contribution in [-0.4, -0.2) is 21.3 Å². The smallest absolute Gasteiger partial charge is 0.231 e. The van der Waals surface area contributed by atoms with Crippen LogP contribution >= 0.6 is 0 Å². The molecule has 0 spiro atoms. The zero-order valence-corrected chi connectivity index (χ0v) is 4.51. The molecule has 0 radical (unpaired) electrons. The summed E-state index contributed by atoms with van der Waals surface area (Å²) < 4.78 is 0. The van der Waals surface area contributed by atoms with Gasteiger partial charge in [0.15, 0.2) is 5.82 Å². The highest BCUT2D eigenvalue weighted by Crippen LogP contribution is 2.14. The second-order valence-electron chi connectivity index (χ2n) is 1.84. The van der Waals surface area contributed by atoms with Crippen LogP contribution in [0.25, 0.3) is 0 Å². The minimum absolute atomic E-state index is 0.0333. The fourth-order valence-corrected chi connectivity index (χ4v) is 0.805. The Morgan fingerprint density at radius 3 is 3.11 bits per heavy atom. The van der Waals surface area contributed by atoms with Crippen LogP contribution in [0.1, 0.15) is 5.69 Å². The largest absolute Gasteiger partial charge is 0.307 e. The summed E-state index contributed by atoms with van der Waals surface area (Å²) in [5.41, 5.74) is 0.708. The van der Waals surface area contributed by atoms with Crippen molar-refractivity contribution in [2.75, 3.05) is 5.32 Å². The Labute approximate surface area is 50.5 Å². The number of aromatic amines is 1. The molecule has 5 heteroatoms. The molecule has 0 atom stereocenters. The van der Waals surface area contributed by atoms with Crippen molar-refractivity contribution in [3.05, 3.63) is 5.69 Å². The van der Waals surface area contributed by atoms with E-state index in [2.05, 4.69) is 20.7 Å². The summed E-state index contributed by atoms with van der Waals surface area (Å²) in [5, 5.41) is 12.3. The molecule has 0 saturated heterocycles. The number of aromatic nitrogens is 3. The van der Waals surface area contributed by atoms with E-state index in [0.717, 1.165) is 0 Å². The molecule has 1 aromatic rings. The molecule has 9 heavy (non-hydrogen) atoms. The van der Waals surface area contributed by atoms with Gasteiger partial charge >= 0.3 is 0 Å². The molecule has 1 aromatic heterocycles. The van der Waals surface area contributed by atoms with Crippen molar-refractivity contribution in [3.8, 4) is 0 Å². The van der Waals surface area contributed by atoms with E-state index in [0.29, 0.717) is 17.9 Å². The van der Waals surface area contributed by atoms with Gasteiger partial charge < -0.3 is 5.32 Å². The lowest BCUT2D eigenvalue weighted by Gasteiger charge is -1.83. The maximum atomic E-state index is 10.6. The summed E-state index contributed by atoms with van der Waals surface area (Å²) in [6, 6.07) is 0. The van der Waals surface area contributed by atoms with Gasteiger partial charge in [-0.3, -0.25) is 4.79 Å². The van der Waals surface area contributed by atoms with Gasteiger partial charge in [-0.15, -0.1) is 5.10 Å². The lowest BCUT2D eigenvalue weighted by molar-refractivity contribution is -0.115. The lowest BCUT2D eigenvalue weighted by Crippen LogP contribution is -2.05. The number of rotatable bonds is 0. The van der Waals surface area contributed by atoms with Crippen LogP contribution in [-0.2, 0) is 11.2 Å². The summed E-state index contributed by atoms with van der Waals surface area (Å²) in [6.07, 6.45) is 0.353. The highest BCUT2D eigenvalue weighted by atomic mass is 16.2. The van der Waals surface area contributed by atoms with Crippen LogP contribution in [0.5, 0.6) is 0 Å². The second-order valence-corrected chi connectivity index (χ2v) is 1.84. The highest BCUT2D eigenvalue weighted by molar-refractivity contribution is 5.96. The minimum atomic E-state index is -0.0333. The molecule has 2 N–H and O–H groups in total. The van der Waals surface area contributed by atoms with Crippen molar-refractivity contribution in [1.82, 2.24) is 15.4 Å². The molecule has 0 saturated carbocycles. The standard InChI is InChI=1S/C4H4N4O/c9-3-1-2-4(5-3)7-8-6-2/h1H2,(H2,5,6,7,8,9). The number of nitrogens with one attached hydrogen (secondary N) is 2. The van der Waals surface area contributed by atoms with E-state index in [1.807, 2.05) is 0 Å². The maximum Gasteiger partial charge on any atom is 0.231 e. The maximum absolute atomic E-state index is 10.6. The van der Waals surface area contributed by atoms with Gasteiger partial charge in [-0.1, -0.05) is 0 Å². The fraction of sp³-hybridized carbons (Fsp3) is 0.250. The highest BCUT2D eigenvalue weighted by Gasteiger charge is 2.20. The van der Waals surface area contributed by atoms with Crippen LogP contribution in [0.3, 0.4) is 0 Å². The molecule has 1 aliphatic heterocycles. The zero-order valence-electron chi connectivity index (χ0n) is 4.51. The van der Waals surface area contributed by atoms with Crippen molar-refractivity contribution in [3.63, 3.8) is 0 Å². The average molecular weight is 124 g/mol. The summed E-state index contributed by atoms with van der Waals surface area (Å²) in [7, 11) is 0. The molecule has 0 bridgehead atoms. The zero-order chi connectivity index (χ0) is 6.27. The Morgan fingerprint density at radius 1 is 1.44 bits per heavy atom. The number of hydrogen-bond acceptors (Lipinski definition) is 3. The number of H-pyrrole nitrogens is 1. The predicted molar refractivity (Wildman–Crippen MR) is 28.7 cm³/mol. The average Bonchev–Trinajstić information content (AvgIpc) is 2.22. The van der Waals surface area contributed by atoms with E-state index in [1.165, 1.54) is 0 Å². The number of amides is 1. The van der Waals surface area contributed by atoms with Crippen LogP contribution in [0.15, 0.2) is 0 Å². The summed E-state index contributed by atoms with van der Waals surface area (Å²) in [5.74, 6) is 0.536. The van der Waals surface area contributed by atoms with Crippen molar-refractivity contribution in [1.29, 1.82) is 0 Å². The molecule has 0 unspecified atom stereocenters. The Bertz CT molecular complexity index is 230. The number of fused-ring (bicyclic) bond motifs is 1. The van der Waals surface area contributed by atoms with Gasteiger partial charge in [0.2, 0.25) is 5.91 Å². The predicted octanol–water partition coefficient (Wildman–Crippen LogP) is -0.701. The molecule has 0 aliphatic carbocycles. The Balaban J connectivity index is 2.49. The van der Waals surface area contributed by atoms with Crippen molar-refractivity contribution in [2.45, 2.75) is 6.42 Å². The van der Waals surface area contributed by atoms with E-state index in [4.69, 9.17) is 0 Å². The van der Waals surface area contributed by atoms with Gasteiger partial charge in [0, 0.05) is 0 Å². The molecule has 5 nitrogen and oxygen atoms in total. The van der Waals surface area contributed by atoms with Gasteiger partial charge in [-0.05, 0) is 0 Å². The van der Waals surface area contributed by atoms with E-state index in [9.17, 15) is 4.79 Å². The van der Waals surface area contributed by atoms with Gasteiger partial charge in [-0.2, -0.15) is 10.3 Å². The molecule has 2 heterocycles. The lowest BCUT2D eigenvalue weighted by atomic mass is 10.4. The molecule has 0 fully saturated rings. The number of hydrogen-bond donors (Lipinski definition) is 2. The van der Waals surface area contributed by atoms with E-state index >= 15 is 0 Å². The van der Waals surface area contributed by atoms with Gasteiger partial charge in [0.1, 0.15) is 5.69 Å². The quantitative estimate of drug-likeness (QED) is 0.480. The molecule has 1 amide bonds. The third-order valence-electron chi connectivity index (χ3n) is 1.21. The number of carbonyl (C=O) groups excluding carboxylic acids is 1. The second kappa shape index (κ2) is 1.31. The van der Waals surface area contributed by atoms with E-state index < -0.39 is 0 Å². The van der Waals surface area contributed by atoms with Crippen LogP contribution < -0.4 is 5.32 Å². The Hall–Kier alpha value is -1.39. The monoisotopic (exact) mass is 124 g/mol. The third-order valence-corrected chi connectivity index (χ3v) is 1.21. The van der Waals surface area contributed by atoms with Gasteiger partial charge in [-0.25, -0.2) is 0 Å². The topological polar surface area (TPSA) is 70.7 Å². The van der Waals surface area contributed by atoms with E-state index in [-0.39, 0.29) is 5.91 Å². The first-order valence-corrected chi connectivity index (χ1v) is 2.56. The first-order chi connectivity index (χ1) is 4.36. The molecule has 0 aromatic carbocycles. The van der Waals surface area contributed by atoms with E-state index in [1.54, 1.807) is 0 Å². The summed E-state index contributed by atoms with van der Waals surface area (Å²) in [6.45, 7) is 0. The van der Waals surface area contributed by atoms with Gasteiger partial charge in [0.05, 0.1) is 6.42 Å². The molecule has 2 rings (SSSR count). The normalized spacial score (nSPS) is 15.3. The number of anilines is 1. The molecule has 46 valence electrons. The van der Waals surface area contributed by atoms with Crippen LogP contribution in [0.4, 0.5) is 5.82 Å². The molecular weight excluding hydrogens is 120 g/mol. The third kappa shape index (κ3) is 0.509. The first kappa shape index (κ1) is 4.49. The number of carbonyl (C=O) groups is 1. The molecular formula is C4H4N4O. The fourth-order valence-electron chi connectivity index (χ4n) is 0.805. The van der Waals surface area contributed by atoms with Crippen molar-refractivity contribution in [2.24, 2.45) is 0 Å². The summed E-state index contributed by atoms with van der Waals surface area (Å²) >= 11 is 0. The first-order valence-electron chi connectivity index (χ1n) is 2.56. The van der Waals surface area contributed by atoms with Crippen molar-refractivity contribution < 1.29 is 4.79 Å². The molecule has 1 aliphatic rings. The van der Waals surface area contributed by atoms with Crippen LogP contribution in [0.2, 0.25) is 0 Å². The minimum Gasteiger partial charge on any atom is -0.307 e. The number of nitrogens with zero attached hydrogens (tertiary/aromatic N) is 2.